The fourth-order valence-corrected chi connectivity index (χ4v) is 15.1. The van der Waals surface area contributed by atoms with Crippen molar-refractivity contribution >= 4 is 52.1 Å². The number of nitrogens with one attached hydrogen (secondary N) is 6. The Morgan fingerprint density at radius 3 is 1.13 bits per heavy atom. The van der Waals surface area contributed by atoms with Crippen molar-refractivity contribution in [2.75, 3.05) is 244 Å². The lowest BCUT2D eigenvalue weighted by molar-refractivity contribution is -0.240. The van der Waals surface area contributed by atoms with Crippen LogP contribution in [0.5, 0.6) is 11.5 Å². The van der Waals surface area contributed by atoms with Gasteiger partial charge in [-0.25, -0.2) is 14.1 Å². The smallest absolute Gasteiger partial charge is 0.471 e. The van der Waals surface area contributed by atoms with Crippen molar-refractivity contribution in [2.24, 2.45) is 5.41 Å². The molecule has 0 unspecified atom stereocenters. The zero-order valence-corrected chi connectivity index (χ0v) is 77.1. The van der Waals surface area contributed by atoms with Crippen LogP contribution in [0, 0.1) is 11.2 Å². The van der Waals surface area contributed by atoms with E-state index in [0.29, 0.717) is 33.7 Å². The Kier molecular flexibility index (Phi) is 46.1. The molecule has 6 fully saturated rings. The minimum absolute atomic E-state index is 0.0102. The molecular weight excluding hydrogens is 1940 g/mol. The molecule has 46 nitrogen and oxygen atoms in total. The van der Waals surface area contributed by atoms with Crippen LogP contribution in [0.1, 0.15) is 38.5 Å². The van der Waals surface area contributed by atoms with Crippen molar-refractivity contribution in [1.82, 2.24) is 51.9 Å². The van der Waals surface area contributed by atoms with Gasteiger partial charge in [0, 0.05) is 68.6 Å². The Morgan fingerprint density at radius 2 is 0.775 bits per heavy atom. The summed E-state index contributed by atoms with van der Waals surface area (Å²) >= 11 is 0. The number of hydrogen-bond acceptors (Lipinski definition) is 39. The summed E-state index contributed by atoms with van der Waals surface area (Å²) in [6.45, 7) is -0.643. The minimum atomic E-state index is -5.25. The maximum atomic E-state index is 14.3. The molecule has 0 saturated carbocycles. The van der Waals surface area contributed by atoms with Crippen LogP contribution >= 0.6 is 0 Å². The number of Topliss-reactive ketones (excluding diaryl/α,β-unsaturated/α-hetero) is 1. The van der Waals surface area contributed by atoms with Crippen LogP contribution in [0.4, 0.5) is 43.9 Å². The van der Waals surface area contributed by atoms with E-state index in [1.165, 1.54) is 16.8 Å². The molecule has 6 amide bonds. The summed E-state index contributed by atoms with van der Waals surface area (Å²) in [6, 6.07) is 7.40. The first-order valence-electron chi connectivity index (χ1n) is 45.5. The molecule has 4 aromatic rings. The number of aromatic hydroxyl groups is 1. The van der Waals surface area contributed by atoms with E-state index in [-0.39, 0.29) is 289 Å². The highest BCUT2D eigenvalue weighted by molar-refractivity contribution is 5.84. The normalized spacial score (nSPS) is 24.3. The first-order valence-corrected chi connectivity index (χ1v) is 45.5. The molecule has 0 radical (unpaired) electrons. The number of fused-ring (bicyclic) bond motifs is 7. The van der Waals surface area contributed by atoms with Gasteiger partial charge in [-0.2, -0.15) is 39.5 Å². The molecular formula is C86H120F10N10O36. The van der Waals surface area contributed by atoms with Crippen LogP contribution in [-0.2, 0) is 133 Å². The van der Waals surface area contributed by atoms with E-state index in [9.17, 15) is 113 Å². The fraction of sp³-hybridized carbons (Fsp3) is 0.721. The Hall–Kier alpha value is -8.70. The van der Waals surface area contributed by atoms with Crippen LogP contribution in [0.15, 0.2) is 54.7 Å². The third kappa shape index (κ3) is 35.6. The number of nitrogens with zero attached hydrogens (tertiary/aromatic N) is 4. The van der Waals surface area contributed by atoms with Gasteiger partial charge < -0.3 is 172 Å². The summed E-state index contributed by atoms with van der Waals surface area (Å²) in [5.41, 5.74) is -4.38. The Morgan fingerprint density at radius 1 is 0.415 bits per heavy atom. The number of rotatable bonds is 69. The summed E-state index contributed by atoms with van der Waals surface area (Å²) in [7, 11) is 0. The third-order valence-electron chi connectivity index (χ3n) is 22.6. The maximum Gasteiger partial charge on any atom is 0.471 e. The summed E-state index contributed by atoms with van der Waals surface area (Å²) in [4.78, 5) is 93.0. The van der Waals surface area contributed by atoms with Crippen LogP contribution in [0.25, 0.3) is 28.0 Å². The number of halogens is 10. The number of pyridine rings is 1. The van der Waals surface area contributed by atoms with Gasteiger partial charge in [0.1, 0.15) is 88.8 Å². The molecule has 8 heterocycles. The van der Waals surface area contributed by atoms with E-state index >= 15 is 0 Å². The second-order valence-corrected chi connectivity index (χ2v) is 33.4. The van der Waals surface area contributed by atoms with Crippen LogP contribution in [0.3, 0.4) is 0 Å². The number of hydrogen-bond donors (Lipinski definition) is 13. The molecule has 13 N–H and O–H groups in total. The second-order valence-electron chi connectivity index (χ2n) is 33.4. The lowest BCUT2D eigenvalue weighted by Crippen LogP contribution is -2.67. The number of phenols is 1. The zero-order valence-electron chi connectivity index (χ0n) is 77.1. The minimum Gasteiger partial charge on any atom is -0.505 e. The van der Waals surface area contributed by atoms with Crippen molar-refractivity contribution in [3.05, 3.63) is 60.5 Å². The molecule has 6 saturated heterocycles. The molecule has 0 spiro atoms. The van der Waals surface area contributed by atoms with E-state index in [4.69, 9.17) is 109 Å². The second kappa shape index (κ2) is 56.8. The van der Waals surface area contributed by atoms with Gasteiger partial charge in [-0.1, -0.05) is 11.3 Å². The Bertz CT molecular complexity index is 4290. The number of aliphatic hydroxyl groups excluding tert-OH is 6. The number of alkyl halides is 9. The van der Waals surface area contributed by atoms with Crippen molar-refractivity contribution in [1.29, 1.82) is 0 Å². The SMILES string of the molecule is O=C(CCCOc1ccc2nc(-c3cn(-c4ccc(O)c(F)c4)nn3)ccc2c1)CC(COCCC(=O)NCCOCCOCCOCCOC[C@@]12CO[C@@H](O1)[C@H](NC(=O)C(F)(F)F)[C@@H](O)[C@H]2O)(COCCC(=O)NCCOCCOCCOCCOC[C@@]12CO[C@@H](O1)[C@H](NC(=O)C(F)(F)F)[C@@H](O)[C@H]2O)COCCC(=O)NCCOCCOCCOCCOC[C@@]12CO[C@@H](O1)[C@H](NC(=O)C(F)(F)F)[C@@H](O)[C@H]2O. The first kappa shape index (κ1) is 115. The quantitative estimate of drug-likeness (QED) is 0.0166. The lowest BCUT2D eigenvalue weighted by atomic mass is 9.84. The van der Waals surface area contributed by atoms with Gasteiger partial charge in [0.2, 0.25) is 17.7 Å². The van der Waals surface area contributed by atoms with E-state index < -0.39 is 161 Å². The number of amides is 6. The molecule has 0 aliphatic carbocycles. The van der Waals surface area contributed by atoms with E-state index in [0.717, 1.165) is 6.07 Å². The largest absolute Gasteiger partial charge is 0.505 e. The lowest BCUT2D eigenvalue weighted by Gasteiger charge is -2.42. The molecule has 56 heteroatoms. The number of phenolic OH excluding ortho intramolecular Hbond substituents is 1. The van der Waals surface area contributed by atoms with Crippen LogP contribution < -0.4 is 36.6 Å². The highest BCUT2D eigenvalue weighted by Crippen LogP contribution is 2.42. The third-order valence-corrected chi connectivity index (χ3v) is 22.6. The van der Waals surface area contributed by atoms with E-state index in [2.05, 4.69) is 26.3 Å². The van der Waals surface area contributed by atoms with Crippen LogP contribution in [0.2, 0.25) is 0 Å². The molecule has 2 aromatic carbocycles. The molecule has 15 atom stereocenters. The molecule has 800 valence electrons. The number of ether oxygens (including phenoxy) is 22. The summed E-state index contributed by atoms with van der Waals surface area (Å²) < 4.78 is 255. The zero-order chi connectivity index (χ0) is 102. The van der Waals surface area contributed by atoms with Gasteiger partial charge >= 0.3 is 36.3 Å². The summed E-state index contributed by atoms with van der Waals surface area (Å²) in [5.74, 6) is -9.43. The number of carbonyl (C=O) groups excluding carboxylic acids is 7. The van der Waals surface area contributed by atoms with Gasteiger partial charge in [-0.3, -0.25) is 33.6 Å². The molecule has 6 aliphatic heterocycles. The number of ketones is 1. The fourth-order valence-electron chi connectivity index (χ4n) is 15.1. The van der Waals surface area contributed by atoms with Gasteiger partial charge in [-0.05, 0) is 42.8 Å². The summed E-state index contributed by atoms with van der Waals surface area (Å²) in [5, 5.41) is 95.2. The highest BCUT2D eigenvalue weighted by Gasteiger charge is 2.64. The predicted octanol–water partition coefficient (Wildman–Crippen LogP) is -2.12. The molecule has 6 aliphatic rings. The van der Waals surface area contributed by atoms with Crippen molar-refractivity contribution in [2.45, 2.75) is 147 Å². The summed E-state index contributed by atoms with van der Waals surface area (Å²) in [6.07, 6.45) is -30.0. The first-order chi connectivity index (χ1) is 67.9. The molecule has 10 rings (SSSR count). The van der Waals surface area contributed by atoms with E-state index in [1.807, 2.05) is 0 Å². The number of benzene rings is 2. The molecule has 2 aromatic heterocycles. The van der Waals surface area contributed by atoms with Crippen molar-refractivity contribution < 1.29 is 217 Å². The standard InChI is InChI=1S/C86H120F10N10O36/c87-57-41-54(4-8-61(57)108)106-43-60(104-105-106)59-6-3-53-40-56(5-7-58(53)100-59)136-15-1-2-55(107)42-80(44-130-16-9-62(109)97-12-19-121-22-25-124-28-31-127-34-37-133-47-81-50-137-74(140-81)65(68(112)71(81)115)101-77(118)84(88,89)90,45-131-17-10-63(110)98-13-20-122-23-26-125-29-32-128-35-38-134-48-82-51-138-75(141-82)66(69(113)72(82)116)102-78(119)85(91,92)93)46-132-18-11-64(111)99-14-21-123-24-27-126-30-33-129-36-39-135-49-83-52-139-76(142-83)67(70(114)73(83)117)103-79(120)86(94,95)96/h3-8,40-41,43,65-76,108,112-117H,1-2,9-39,42,44-52H2,(H,97,109)(H,98,110)(H,99,111)(H,101,118)(H,102,119)(H,103,120)/t65-,66-,67-,68-,69-,70-,71-,72-,73-,74+,75+,76+,81+,82+,83+/m1/s1. The van der Waals surface area contributed by atoms with Crippen molar-refractivity contribution in [3.8, 4) is 28.6 Å². The maximum absolute atomic E-state index is 14.3. The highest BCUT2D eigenvalue weighted by atomic mass is 19.4. The van der Waals surface area contributed by atoms with Gasteiger partial charge in [0.05, 0.1) is 248 Å². The van der Waals surface area contributed by atoms with Gasteiger partial charge in [0.15, 0.2) is 30.4 Å². The Labute approximate surface area is 805 Å². The van der Waals surface area contributed by atoms with Gasteiger partial charge in [0.25, 0.3) is 0 Å². The van der Waals surface area contributed by atoms with Crippen LogP contribution in [-0.4, -0.2) is 450 Å². The van der Waals surface area contributed by atoms with E-state index in [1.54, 1.807) is 52.5 Å². The number of aliphatic hydroxyl groups is 6. The predicted molar refractivity (Wildman–Crippen MR) is 456 cm³/mol. The molecule has 6 bridgehead atoms. The van der Waals surface area contributed by atoms with Gasteiger partial charge in [-0.15, -0.1) is 5.10 Å². The number of carbonyl (C=O) groups is 7. The molecule has 142 heavy (non-hydrogen) atoms. The van der Waals surface area contributed by atoms with Crippen molar-refractivity contribution in [3.63, 3.8) is 0 Å². The Balaban J connectivity index is 0.646. The average molecular weight is 2060 g/mol. The topological polar surface area (TPSA) is 580 Å². The number of aromatic nitrogens is 4. The average Bonchev–Trinajstić information content (AvgIpc) is 1.60. The monoisotopic (exact) mass is 2060 g/mol.